The molecule has 0 aromatic heterocycles. The summed E-state index contributed by atoms with van der Waals surface area (Å²) in [5.74, 6) is 0. The van der Waals surface area contributed by atoms with E-state index >= 15 is 0 Å². The molecule has 4 heteroatoms. The first-order valence-corrected chi connectivity index (χ1v) is 6.22. The van der Waals surface area contributed by atoms with Crippen molar-refractivity contribution >= 4 is 0 Å². The van der Waals surface area contributed by atoms with Gasteiger partial charge in [0, 0.05) is 13.7 Å². The number of hydrogen-bond donors (Lipinski definition) is 1. The van der Waals surface area contributed by atoms with Crippen LogP contribution in [0.4, 0.5) is 0 Å². The van der Waals surface area contributed by atoms with Crippen LogP contribution >= 0.6 is 0 Å². The lowest BCUT2D eigenvalue weighted by Gasteiger charge is -2.17. The Morgan fingerprint density at radius 1 is 0.938 bits per heavy atom. The zero-order chi connectivity index (χ0) is 12.1. The third-order valence-electron chi connectivity index (χ3n) is 2.09. The summed E-state index contributed by atoms with van der Waals surface area (Å²) in [4.78, 5) is 0. The quantitative estimate of drug-likeness (QED) is 0.518. The van der Waals surface area contributed by atoms with Crippen molar-refractivity contribution in [2.75, 3.05) is 46.7 Å². The van der Waals surface area contributed by atoms with Crippen molar-refractivity contribution in [3.63, 3.8) is 0 Å². The molecule has 0 aromatic carbocycles. The lowest BCUT2D eigenvalue weighted by Crippen LogP contribution is -2.38. The fraction of sp³-hybridized carbons (Fsp3) is 1.00. The maximum absolute atomic E-state index is 5.52. The van der Waals surface area contributed by atoms with E-state index in [4.69, 9.17) is 14.2 Å². The summed E-state index contributed by atoms with van der Waals surface area (Å²) in [6, 6.07) is 0.288. The molecule has 0 radical (unpaired) electrons. The summed E-state index contributed by atoms with van der Waals surface area (Å²) in [6.45, 7) is 8.79. The van der Waals surface area contributed by atoms with Crippen LogP contribution in [0.25, 0.3) is 0 Å². The Kier molecular flexibility index (Phi) is 12.8. The van der Waals surface area contributed by atoms with Gasteiger partial charge in [-0.15, -0.1) is 0 Å². The summed E-state index contributed by atoms with van der Waals surface area (Å²) in [7, 11) is 1.71. The van der Waals surface area contributed by atoms with Crippen molar-refractivity contribution in [2.24, 2.45) is 0 Å². The number of rotatable bonds is 12. The van der Waals surface area contributed by atoms with E-state index < -0.39 is 0 Å². The van der Waals surface area contributed by atoms with Crippen molar-refractivity contribution < 1.29 is 14.2 Å². The zero-order valence-corrected chi connectivity index (χ0v) is 11.0. The van der Waals surface area contributed by atoms with Gasteiger partial charge in [-0.05, 0) is 19.4 Å². The smallest absolute Gasteiger partial charge is 0.0701 e. The van der Waals surface area contributed by atoms with E-state index in [-0.39, 0.29) is 6.04 Å². The predicted molar refractivity (Wildman–Crippen MR) is 65.9 cm³/mol. The molecule has 0 aromatic rings. The summed E-state index contributed by atoms with van der Waals surface area (Å²) in [5, 5.41) is 3.38. The van der Waals surface area contributed by atoms with Gasteiger partial charge in [0.05, 0.1) is 32.5 Å². The van der Waals surface area contributed by atoms with Gasteiger partial charge in [-0.3, -0.25) is 0 Å². The second-order valence-corrected chi connectivity index (χ2v) is 3.79. The van der Waals surface area contributed by atoms with Crippen molar-refractivity contribution in [1.29, 1.82) is 0 Å². The minimum Gasteiger partial charge on any atom is -0.383 e. The standard InChI is InChI=1S/C12H27NO3/c1-4-6-13-12(10-14-3)11-16-9-8-15-7-5-2/h12-13H,4-11H2,1-3H3. The van der Waals surface area contributed by atoms with E-state index in [2.05, 4.69) is 19.2 Å². The largest absolute Gasteiger partial charge is 0.383 e. The number of hydrogen-bond acceptors (Lipinski definition) is 4. The molecule has 0 aliphatic rings. The highest BCUT2D eigenvalue weighted by atomic mass is 16.5. The lowest BCUT2D eigenvalue weighted by molar-refractivity contribution is 0.0277. The van der Waals surface area contributed by atoms with E-state index in [9.17, 15) is 0 Å². The second-order valence-electron chi connectivity index (χ2n) is 3.79. The van der Waals surface area contributed by atoms with Gasteiger partial charge in [0.1, 0.15) is 0 Å². The fourth-order valence-corrected chi connectivity index (χ4v) is 1.31. The van der Waals surface area contributed by atoms with Gasteiger partial charge < -0.3 is 19.5 Å². The molecule has 4 nitrogen and oxygen atoms in total. The van der Waals surface area contributed by atoms with Gasteiger partial charge in [-0.25, -0.2) is 0 Å². The molecule has 0 rings (SSSR count). The monoisotopic (exact) mass is 233 g/mol. The highest BCUT2D eigenvalue weighted by molar-refractivity contribution is 4.64. The average Bonchev–Trinajstić information content (AvgIpc) is 2.30. The molecule has 1 unspecified atom stereocenters. The van der Waals surface area contributed by atoms with Gasteiger partial charge >= 0.3 is 0 Å². The predicted octanol–water partition coefficient (Wildman–Crippen LogP) is 1.44. The molecule has 1 N–H and O–H groups in total. The van der Waals surface area contributed by atoms with Gasteiger partial charge in [-0.1, -0.05) is 13.8 Å². The van der Waals surface area contributed by atoms with Crippen LogP contribution in [0, 0.1) is 0 Å². The summed E-state index contributed by atoms with van der Waals surface area (Å²) < 4.78 is 16.0. The van der Waals surface area contributed by atoms with E-state index in [1.165, 1.54) is 0 Å². The van der Waals surface area contributed by atoms with Gasteiger partial charge in [0.2, 0.25) is 0 Å². The second kappa shape index (κ2) is 12.9. The van der Waals surface area contributed by atoms with Crippen LogP contribution in [-0.2, 0) is 14.2 Å². The maximum atomic E-state index is 5.52. The van der Waals surface area contributed by atoms with Crippen LogP contribution < -0.4 is 5.32 Å². The Balaban J connectivity index is 3.36. The van der Waals surface area contributed by atoms with E-state index in [0.717, 1.165) is 26.0 Å². The van der Waals surface area contributed by atoms with E-state index in [0.29, 0.717) is 26.4 Å². The van der Waals surface area contributed by atoms with Crippen molar-refractivity contribution in [2.45, 2.75) is 32.7 Å². The summed E-state index contributed by atoms with van der Waals surface area (Å²) in [5.41, 5.74) is 0. The number of methoxy groups -OCH3 is 1. The lowest BCUT2D eigenvalue weighted by atomic mass is 10.3. The highest BCUT2D eigenvalue weighted by Gasteiger charge is 2.06. The molecule has 98 valence electrons. The van der Waals surface area contributed by atoms with Crippen molar-refractivity contribution in [3.8, 4) is 0 Å². The summed E-state index contributed by atoms with van der Waals surface area (Å²) in [6.07, 6.45) is 2.18. The Bertz CT molecular complexity index is 133. The molecule has 0 saturated heterocycles. The number of nitrogens with one attached hydrogen (secondary N) is 1. The van der Waals surface area contributed by atoms with Crippen LogP contribution in [0.5, 0.6) is 0 Å². The zero-order valence-electron chi connectivity index (χ0n) is 11.0. The van der Waals surface area contributed by atoms with Gasteiger partial charge in [0.15, 0.2) is 0 Å². The first kappa shape index (κ1) is 15.8. The topological polar surface area (TPSA) is 39.7 Å². The average molecular weight is 233 g/mol. The summed E-state index contributed by atoms with van der Waals surface area (Å²) >= 11 is 0. The van der Waals surface area contributed by atoms with Crippen LogP contribution in [0.2, 0.25) is 0 Å². The van der Waals surface area contributed by atoms with Crippen molar-refractivity contribution in [3.05, 3.63) is 0 Å². The van der Waals surface area contributed by atoms with Crippen LogP contribution in [0.3, 0.4) is 0 Å². The molecule has 0 spiro atoms. The van der Waals surface area contributed by atoms with Crippen LogP contribution in [0.15, 0.2) is 0 Å². The molecule has 0 aliphatic carbocycles. The minimum absolute atomic E-state index is 0.288. The third-order valence-corrected chi connectivity index (χ3v) is 2.09. The van der Waals surface area contributed by atoms with E-state index in [1.807, 2.05) is 0 Å². The Morgan fingerprint density at radius 3 is 2.31 bits per heavy atom. The first-order chi connectivity index (χ1) is 7.85. The fourth-order valence-electron chi connectivity index (χ4n) is 1.31. The molecule has 0 aliphatic heterocycles. The molecule has 0 heterocycles. The molecular formula is C12H27NO3. The molecule has 0 fully saturated rings. The third kappa shape index (κ3) is 10.4. The SMILES string of the molecule is CCCNC(COC)COCCOCCC. The number of ether oxygens (including phenoxy) is 3. The maximum Gasteiger partial charge on any atom is 0.0701 e. The highest BCUT2D eigenvalue weighted by Crippen LogP contribution is 1.89. The first-order valence-electron chi connectivity index (χ1n) is 6.22. The molecule has 0 amide bonds. The Labute approximate surface area is 99.6 Å². The normalized spacial score (nSPS) is 12.9. The van der Waals surface area contributed by atoms with Crippen LogP contribution in [0.1, 0.15) is 26.7 Å². The van der Waals surface area contributed by atoms with Gasteiger partial charge in [0.25, 0.3) is 0 Å². The Hall–Kier alpha value is -0.160. The van der Waals surface area contributed by atoms with Crippen molar-refractivity contribution in [1.82, 2.24) is 5.32 Å². The molecule has 16 heavy (non-hydrogen) atoms. The minimum atomic E-state index is 0.288. The Morgan fingerprint density at radius 2 is 1.69 bits per heavy atom. The van der Waals surface area contributed by atoms with Crippen LogP contribution in [-0.4, -0.2) is 52.7 Å². The van der Waals surface area contributed by atoms with Gasteiger partial charge in [-0.2, -0.15) is 0 Å². The van der Waals surface area contributed by atoms with E-state index in [1.54, 1.807) is 7.11 Å². The molecule has 1 atom stereocenters. The molecule has 0 bridgehead atoms. The molecule has 0 saturated carbocycles. The molecular weight excluding hydrogens is 206 g/mol.